The maximum atomic E-state index is 11.5. The predicted octanol–water partition coefficient (Wildman–Crippen LogP) is -9.20. The molecule has 0 radical (unpaired) electrons. The standard InChI is InChI=1S/C10H17N3O6S.2Na.H2O3S/c11-5(10(18)19)1-2-7(14)13-6(4-20)9(17)12-3-8(15)16;;;1-4(2)3/h5-6,20H,1-4,11H2,(H,12,17)(H,13,14)(H,15,16)(H,18,19);;;(H2,1,2,3)/q;2*+1;/p-2. The molecule has 0 saturated heterocycles. The van der Waals surface area contributed by atoms with E-state index < -0.39 is 53.7 Å². The van der Waals surface area contributed by atoms with Gasteiger partial charge in [0.05, 0.1) is 0 Å². The fraction of sp³-hybridized carbons (Fsp3) is 0.600. The van der Waals surface area contributed by atoms with E-state index in [1.54, 1.807) is 0 Å². The topological polar surface area (TPSA) is 222 Å². The Morgan fingerprint density at radius 3 is 1.96 bits per heavy atom. The summed E-state index contributed by atoms with van der Waals surface area (Å²) in [7, 11) is 0. The molecule has 2 unspecified atom stereocenters. The zero-order valence-corrected chi connectivity index (χ0v) is 19.9. The Bertz CT molecular complexity index is 481. The number of nitrogens with two attached hydrogens (primary N) is 1. The Hall–Kier alpha value is 0.260. The first kappa shape index (κ1) is 33.8. The summed E-state index contributed by atoms with van der Waals surface area (Å²) in [4.78, 5) is 43.7. The first-order valence-corrected chi connectivity index (χ1v) is 7.79. The van der Waals surface area contributed by atoms with Gasteiger partial charge in [-0.3, -0.25) is 23.4 Å². The summed E-state index contributed by atoms with van der Waals surface area (Å²) in [5.74, 6) is -3.70. The molecule has 0 spiro atoms. The normalized spacial score (nSPS) is 11.4. The Labute approximate surface area is 201 Å². The van der Waals surface area contributed by atoms with E-state index in [2.05, 4.69) is 23.3 Å². The monoisotopic (exact) mass is 433 g/mol. The fourth-order valence-electron chi connectivity index (χ4n) is 1.16. The minimum atomic E-state index is -3.11. The third-order valence-corrected chi connectivity index (χ3v) is 2.61. The van der Waals surface area contributed by atoms with Crippen molar-refractivity contribution >= 4 is 47.7 Å². The number of amides is 2. The molecule has 2 atom stereocenters. The van der Waals surface area contributed by atoms with Crippen LogP contribution in [0.3, 0.4) is 0 Å². The first-order valence-electron chi connectivity index (χ1n) is 6.16. The molecular weight excluding hydrogens is 416 g/mol. The average Bonchev–Trinajstić information content (AvgIpc) is 2.46. The van der Waals surface area contributed by atoms with Crippen LogP contribution in [-0.4, -0.2) is 71.7 Å². The number of rotatable bonds is 9. The van der Waals surface area contributed by atoms with E-state index in [0.717, 1.165) is 0 Å². The van der Waals surface area contributed by atoms with Crippen molar-refractivity contribution in [2.75, 3.05) is 12.3 Å². The summed E-state index contributed by atoms with van der Waals surface area (Å²) in [6.07, 6.45) is -0.235. The molecule has 0 aromatic rings. The Morgan fingerprint density at radius 2 is 1.62 bits per heavy atom. The van der Waals surface area contributed by atoms with E-state index in [1.165, 1.54) is 0 Å². The van der Waals surface area contributed by atoms with E-state index in [1.807, 2.05) is 0 Å². The van der Waals surface area contributed by atoms with Gasteiger partial charge in [0.2, 0.25) is 11.8 Å². The molecule has 6 N–H and O–H groups in total. The number of hydrogen-bond acceptors (Lipinski definition) is 9. The third kappa shape index (κ3) is 22.3. The van der Waals surface area contributed by atoms with E-state index in [4.69, 9.17) is 29.3 Å². The van der Waals surface area contributed by atoms with Crippen molar-refractivity contribution in [2.45, 2.75) is 24.9 Å². The molecule has 2 amide bonds. The van der Waals surface area contributed by atoms with E-state index in [0.29, 0.717) is 0 Å². The van der Waals surface area contributed by atoms with Crippen LogP contribution in [0.15, 0.2) is 0 Å². The van der Waals surface area contributed by atoms with Crippen molar-refractivity contribution in [3.05, 3.63) is 0 Å². The molecule has 0 bridgehead atoms. The Balaban J connectivity index is -0.000000363. The van der Waals surface area contributed by atoms with Gasteiger partial charge in [-0.2, -0.15) is 12.6 Å². The maximum Gasteiger partial charge on any atom is 1.00 e. The van der Waals surface area contributed by atoms with Gasteiger partial charge in [-0.15, -0.1) is 11.4 Å². The van der Waals surface area contributed by atoms with Gasteiger partial charge in [0.1, 0.15) is 18.6 Å². The molecule has 0 aliphatic rings. The van der Waals surface area contributed by atoms with Crippen LogP contribution in [-0.2, 0) is 30.5 Å². The zero-order valence-electron chi connectivity index (χ0n) is 14.2. The van der Waals surface area contributed by atoms with Crippen LogP contribution in [0, 0.1) is 0 Å². The largest absolute Gasteiger partial charge is 1.00 e. The van der Waals surface area contributed by atoms with Gasteiger partial charge >= 0.3 is 71.1 Å². The predicted molar refractivity (Wildman–Crippen MR) is 81.0 cm³/mol. The van der Waals surface area contributed by atoms with Crippen LogP contribution in [0.25, 0.3) is 0 Å². The second-order valence-corrected chi connectivity index (χ2v) is 4.88. The molecule has 0 aromatic heterocycles. The van der Waals surface area contributed by atoms with Crippen molar-refractivity contribution in [1.82, 2.24) is 10.6 Å². The summed E-state index contributed by atoms with van der Waals surface area (Å²) in [5.41, 5.74) is 5.23. The van der Waals surface area contributed by atoms with Crippen molar-refractivity contribution < 1.29 is 102 Å². The minimum Gasteiger partial charge on any atom is -0.784 e. The van der Waals surface area contributed by atoms with Gasteiger partial charge in [-0.05, 0) is 6.42 Å². The molecule has 0 heterocycles. The smallest absolute Gasteiger partial charge is 0.784 e. The van der Waals surface area contributed by atoms with Crippen molar-refractivity contribution in [2.24, 2.45) is 5.73 Å². The van der Waals surface area contributed by atoms with E-state index in [9.17, 15) is 19.2 Å². The second kappa shape index (κ2) is 20.0. The number of carboxylic acid groups (broad SMARTS) is 2. The van der Waals surface area contributed by atoms with Crippen molar-refractivity contribution in [3.8, 4) is 0 Å². The Morgan fingerprint density at radius 1 is 1.15 bits per heavy atom. The summed E-state index contributed by atoms with van der Waals surface area (Å²) < 4.78 is 25.3. The van der Waals surface area contributed by atoms with Crippen LogP contribution >= 0.6 is 12.6 Å². The van der Waals surface area contributed by atoms with Crippen LogP contribution in [0.1, 0.15) is 12.8 Å². The molecule has 0 aromatic carbocycles. The van der Waals surface area contributed by atoms with E-state index >= 15 is 0 Å². The molecule has 12 nitrogen and oxygen atoms in total. The number of hydrogen-bond donors (Lipinski definition) is 6. The molecule has 0 rings (SSSR count). The summed E-state index contributed by atoms with van der Waals surface area (Å²) in [6.45, 7) is -0.567. The number of thiol groups is 1. The quantitative estimate of drug-likeness (QED) is 0.114. The van der Waals surface area contributed by atoms with Crippen LogP contribution < -0.4 is 75.5 Å². The third-order valence-electron chi connectivity index (χ3n) is 2.25. The molecule has 0 saturated carbocycles. The zero-order chi connectivity index (χ0) is 19.3. The molecule has 0 aliphatic carbocycles. The number of aliphatic carboxylic acids is 2. The molecule has 140 valence electrons. The Kier molecular flexibility index (Phi) is 26.0. The van der Waals surface area contributed by atoms with Gasteiger partial charge < -0.3 is 35.7 Å². The van der Waals surface area contributed by atoms with Gasteiger partial charge in [-0.1, -0.05) is 0 Å². The van der Waals surface area contributed by atoms with Crippen LogP contribution in [0.4, 0.5) is 0 Å². The molecule has 26 heavy (non-hydrogen) atoms. The van der Waals surface area contributed by atoms with Gasteiger partial charge in [0.15, 0.2) is 0 Å². The van der Waals surface area contributed by atoms with Crippen molar-refractivity contribution in [3.63, 3.8) is 0 Å². The first-order chi connectivity index (χ1) is 11.0. The van der Waals surface area contributed by atoms with Gasteiger partial charge in [0.25, 0.3) is 0 Å². The molecular formula is C10H17N3Na2O9S2. The number of nitrogens with one attached hydrogen (secondary N) is 2. The summed E-state index contributed by atoms with van der Waals surface area (Å²) in [6, 6.07) is -2.15. The van der Waals surface area contributed by atoms with Crippen molar-refractivity contribution in [1.29, 1.82) is 0 Å². The number of carbonyl (C=O) groups excluding carboxylic acids is 2. The molecule has 0 fully saturated rings. The number of carbonyl (C=O) groups is 4. The minimum absolute atomic E-state index is 0. The second-order valence-electron chi connectivity index (χ2n) is 4.10. The molecule has 16 heteroatoms. The fourth-order valence-corrected chi connectivity index (χ4v) is 1.41. The molecule has 0 aliphatic heterocycles. The number of carboxylic acids is 2. The summed E-state index contributed by atoms with van der Waals surface area (Å²) in [5, 5.41) is 21.4. The maximum absolute atomic E-state index is 11.5. The van der Waals surface area contributed by atoms with E-state index in [-0.39, 0.29) is 77.7 Å². The van der Waals surface area contributed by atoms with Gasteiger partial charge in [-0.25, -0.2) is 0 Å². The van der Waals surface area contributed by atoms with Crippen LogP contribution in [0.2, 0.25) is 0 Å². The SMILES string of the molecule is NC(CCC(=O)NC(CS)C(=O)NCC(=O)O)C(=O)O.O=S([O-])[O-].[Na+].[Na+]. The average molecular weight is 433 g/mol. The van der Waals surface area contributed by atoms with Gasteiger partial charge in [0, 0.05) is 12.2 Å². The van der Waals surface area contributed by atoms with Crippen LogP contribution in [0.5, 0.6) is 0 Å². The summed E-state index contributed by atoms with van der Waals surface area (Å²) >= 11 is 0.763.